The molecule has 1 aliphatic heterocycles. The number of hydrogen-bond acceptors (Lipinski definition) is 4. The lowest BCUT2D eigenvalue weighted by Crippen LogP contribution is -2.44. The zero-order chi connectivity index (χ0) is 13.7. The van der Waals surface area contributed by atoms with Crippen molar-refractivity contribution in [2.75, 3.05) is 40.3 Å². The fraction of sp³-hybridized carbons (Fsp3) is 0.667. The molecule has 2 rings (SSSR count). The normalized spacial score (nSPS) is 26.3. The van der Waals surface area contributed by atoms with Gasteiger partial charge in [-0.05, 0) is 32.1 Å². The van der Waals surface area contributed by atoms with E-state index in [2.05, 4.69) is 46.2 Å². The van der Waals surface area contributed by atoms with E-state index in [0.717, 1.165) is 26.2 Å². The highest BCUT2D eigenvalue weighted by Gasteiger charge is 2.25. The van der Waals surface area contributed by atoms with E-state index in [9.17, 15) is 0 Å². The number of aromatic nitrogens is 1. The fourth-order valence-corrected chi connectivity index (χ4v) is 2.96. The second kappa shape index (κ2) is 6.98. The molecule has 106 valence electrons. The van der Waals surface area contributed by atoms with Crippen LogP contribution in [0.3, 0.4) is 0 Å². The van der Waals surface area contributed by atoms with Gasteiger partial charge >= 0.3 is 0 Å². The molecule has 0 spiro atoms. The van der Waals surface area contributed by atoms with Gasteiger partial charge in [-0.15, -0.1) is 0 Å². The van der Waals surface area contributed by atoms with Gasteiger partial charge in [0.05, 0.1) is 5.69 Å². The van der Waals surface area contributed by atoms with E-state index in [1.165, 1.54) is 12.2 Å². The summed E-state index contributed by atoms with van der Waals surface area (Å²) >= 11 is 0. The topological polar surface area (TPSA) is 31.4 Å². The maximum absolute atomic E-state index is 4.45. The molecule has 0 radical (unpaired) electrons. The number of hydrogen-bond donors (Lipinski definition) is 1. The molecule has 0 aromatic carbocycles. The average molecular weight is 262 g/mol. The van der Waals surface area contributed by atoms with Gasteiger partial charge in [-0.2, -0.15) is 0 Å². The molecule has 0 saturated carbocycles. The van der Waals surface area contributed by atoms with Gasteiger partial charge in [-0.3, -0.25) is 9.88 Å². The summed E-state index contributed by atoms with van der Waals surface area (Å²) in [7, 11) is 4.27. The number of likely N-dealkylation sites (N-methyl/N-ethyl adjacent to an activating group) is 2. The van der Waals surface area contributed by atoms with Crippen LogP contribution in [0.25, 0.3) is 0 Å². The molecule has 2 unspecified atom stereocenters. The average Bonchev–Trinajstić information content (AvgIpc) is 2.50. The second-order valence-corrected chi connectivity index (χ2v) is 5.77. The van der Waals surface area contributed by atoms with Gasteiger partial charge in [0, 0.05) is 45.0 Å². The molecule has 1 aliphatic rings. The molecule has 1 fully saturated rings. The summed E-state index contributed by atoms with van der Waals surface area (Å²) in [6.07, 6.45) is 1.88. The van der Waals surface area contributed by atoms with Crippen LogP contribution in [0.5, 0.6) is 0 Å². The van der Waals surface area contributed by atoms with Gasteiger partial charge in [0.25, 0.3) is 0 Å². The summed E-state index contributed by atoms with van der Waals surface area (Å²) in [5.41, 5.74) is 1.17. The summed E-state index contributed by atoms with van der Waals surface area (Å²) < 4.78 is 0. The summed E-state index contributed by atoms with van der Waals surface area (Å²) in [5, 5.41) is 3.31. The van der Waals surface area contributed by atoms with Crippen LogP contribution in [-0.2, 0) is 6.54 Å². The molecule has 4 heteroatoms. The number of pyridine rings is 1. The lowest BCUT2D eigenvalue weighted by Gasteiger charge is -2.28. The van der Waals surface area contributed by atoms with Crippen molar-refractivity contribution in [3.63, 3.8) is 0 Å². The standard InChI is InChI=1S/C15H26N4/c1-13-9-18(3)15(8-16-2)12-19(10-13)11-14-6-4-5-7-17-14/h4-7,13,15-16H,8-12H2,1-3H3. The Morgan fingerprint density at radius 2 is 2.16 bits per heavy atom. The second-order valence-electron chi connectivity index (χ2n) is 5.77. The van der Waals surface area contributed by atoms with Gasteiger partial charge in [0.1, 0.15) is 0 Å². The Kier molecular flexibility index (Phi) is 5.31. The molecule has 1 N–H and O–H groups in total. The van der Waals surface area contributed by atoms with Crippen molar-refractivity contribution in [3.05, 3.63) is 30.1 Å². The van der Waals surface area contributed by atoms with Crippen molar-refractivity contribution >= 4 is 0 Å². The van der Waals surface area contributed by atoms with Gasteiger partial charge in [-0.1, -0.05) is 13.0 Å². The molecule has 4 nitrogen and oxygen atoms in total. The third kappa shape index (κ3) is 4.27. The lowest BCUT2D eigenvalue weighted by atomic mass is 10.1. The van der Waals surface area contributed by atoms with E-state index in [1.807, 2.05) is 19.3 Å². The molecule has 2 heterocycles. The van der Waals surface area contributed by atoms with Gasteiger partial charge in [0.15, 0.2) is 0 Å². The van der Waals surface area contributed by atoms with E-state index in [4.69, 9.17) is 0 Å². The lowest BCUT2D eigenvalue weighted by molar-refractivity contribution is 0.200. The van der Waals surface area contributed by atoms with Crippen molar-refractivity contribution < 1.29 is 0 Å². The SMILES string of the molecule is CNCC1CN(Cc2ccccn2)CC(C)CN1C. The van der Waals surface area contributed by atoms with E-state index >= 15 is 0 Å². The maximum atomic E-state index is 4.45. The van der Waals surface area contributed by atoms with Crippen LogP contribution < -0.4 is 5.32 Å². The molecular weight excluding hydrogens is 236 g/mol. The first-order chi connectivity index (χ1) is 9.19. The third-order valence-electron chi connectivity index (χ3n) is 3.81. The first-order valence-corrected chi connectivity index (χ1v) is 7.16. The number of nitrogens with one attached hydrogen (secondary N) is 1. The minimum Gasteiger partial charge on any atom is -0.318 e. The Bertz CT molecular complexity index is 368. The molecule has 2 atom stereocenters. The Labute approximate surface area is 116 Å². The van der Waals surface area contributed by atoms with E-state index in [1.54, 1.807) is 0 Å². The number of rotatable bonds is 4. The smallest absolute Gasteiger partial charge is 0.0543 e. The summed E-state index contributed by atoms with van der Waals surface area (Å²) in [4.78, 5) is 9.47. The molecule has 0 aliphatic carbocycles. The van der Waals surface area contributed by atoms with Crippen LogP contribution in [0.4, 0.5) is 0 Å². The highest BCUT2D eigenvalue weighted by Crippen LogP contribution is 2.14. The first-order valence-electron chi connectivity index (χ1n) is 7.16. The highest BCUT2D eigenvalue weighted by molar-refractivity contribution is 5.03. The van der Waals surface area contributed by atoms with Gasteiger partial charge in [-0.25, -0.2) is 0 Å². The predicted octanol–water partition coefficient (Wildman–Crippen LogP) is 1.05. The quantitative estimate of drug-likeness (QED) is 0.879. The highest BCUT2D eigenvalue weighted by atomic mass is 15.2. The van der Waals surface area contributed by atoms with Gasteiger partial charge in [0.2, 0.25) is 0 Å². The van der Waals surface area contributed by atoms with Crippen LogP contribution in [-0.4, -0.2) is 61.1 Å². The van der Waals surface area contributed by atoms with Crippen molar-refractivity contribution in [2.24, 2.45) is 5.92 Å². The molecule has 1 aromatic heterocycles. The Balaban J connectivity index is 2.02. The van der Waals surface area contributed by atoms with Crippen LogP contribution in [0.1, 0.15) is 12.6 Å². The summed E-state index contributed by atoms with van der Waals surface area (Å²) in [6.45, 7) is 7.77. The molecule has 0 amide bonds. The van der Waals surface area contributed by atoms with Gasteiger partial charge < -0.3 is 10.2 Å². The summed E-state index contributed by atoms with van der Waals surface area (Å²) in [5.74, 6) is 0.704. The maximum Gasteiger partial charge on any atom is 0.0543 e. The minimum absolute atomic E-state index is 0.582. The largest absolute Gasteiger partial charge is 0.318 e. The van der Waals surface area contributed by atoms with E-state index in [-0.39, 0.29) is 0 Å². The van der Waals surface area contributed by atoms with Crippen LogP contribution in [0, 0.1) is 5.92 Å². The summed E-state index contributed by atoms with van der Waals surface area (Å²) in [6, 6.07) is 6.75. The Morgan fingerprint density at radius 3 is 2.84 bits per heavy atom. The Hall–Kier alpha value is -0.970. The molecular formula is C15H26N4. The molecule has 1 aromatic rings. The minimum atomic E-state index is 0.582. The fourth-order valence-electron chi connectivity index (χ4n) is 2.96. The first kappa shape index (κ1) is 14.4. The van der Waals surface area contributed by atoms with E-state index in [0.29, 0.717) is 12.0 Å². The third-order valence-corrected chi connectivity index (χ3v) is 3.81. The molecule has 19 heavy (non-hydrogen) atoms. The van der Waals surface area contributed by atoms with E-state index < -0.39 is 0 Å². The molecule has 0 bridgehead atoms. The predicted molar refractivity (Wildman–Crippen MR) is 79.0 cm³/mol. The van der Waals surface area contributed by atoms with Crippen molar-refractivity contribution in [1.82, 2.24) is 20.1 Å². The van der Waals surface area contributed by atoms with Crippen molar-refractivity contribution in [1.29, 1.82) is 0 Å². The van der Waals surface area contributed by atoms with Crippen molar-refractivity contribution in [2.45, 2.75) is 19.5 Å². The van der Waals surface area contributed by atoms with Crippen LogP contribution >= 0.6 is 0 Å². The van der Waals surface area contributed by atoms with Crippen LogP contribution in [0.2, 0.25) is 0 Å². The Morgan fingerprint density at radius 1 is 1.32 bits per heavy atom. The van der Waals surface area contributed by atoms with Crippen molar-refractivity contribution in [3.8, 4) is 0 Å². The zero-order valence-corrected chi connectivity index (χ0v) is 12.3. The zero-order valence-electron chi connectivity index (χ0n) is 12.3. The molecule has 1 saturated heterocycles. The van der Waals surface area contributed by atoms with Crippen LogP contribution in [0.15, 0.2) is 24.4 Å². The number of nitrogens with zero attached hydrogens (tertiary/aromatic N) is 3. The monoisotopic (exact) mass is 262 g/mol.